The summed E-state index contributed by atoms with van der Waals surface area (Å²) < 4.78 is 16.5. The van der Waals surface area contributed by atoms with Gasteiger partial charge in [0.1, 0.15) is 17.4 Å². The quantitative estimate of drug-likeness (QED) is 0.535. The minimum absolute atomic E-state index is 0.0214. The molecule has 1 fully saturated rings. The minimum atomic E-state index is -0.498. The van der Waals surface area contributed by atoms with Crippen LogP contribution in [-0.4, -0.2) is 47.5 Å². The van der Waals surface area contributed by atoms with Gasteiger partial charge in [-0.25, -0.2) is 4.79 Å². The summed E-state index contributed by atoms with van der Waals surface area (Å²) in [4.78, 5) is 14.1. The molecule has 0 radical (unpaired) electrons. The van der Waals surface area contributed by atoms with Crippen LogP contribution in [0.4, 0.5) is 4.79 Å². The van der Waals surface area contributed by atoms with Gasteiger partial charge in [0.2, 0.25) is 11.8 Å². The fourth-order valence-corrected chi connectivity index (χ4v) is 4.72. The van der Waals surface area contributed by atoms with E-state index in [9.17, 15) is 10.1 Å². The highest BCUT2D eigenvalue weighted by atomic mass is 16.6. The van der Waals surface area contributed by atoms with Crippen molar-refractivity contribution in [3.63, 3.8) is 0 Å². The Bertz CT molecular complexity index is 1350. The van der Waals surface area contributed by atoms with Gasteiger partial charge in [-0.1, -0.05) is 50.2 Å². The SMILES string of the molecule is CC(C)Cc1ccc(-c2[nH]nc3c2[C@H](c2ccc(OC(=O)N4CCOCC4)cc2)C(C#N)=C(N)O3)cc1. The first-order valence-electron chi connectivity index (χ1n) is 12.3. The lowest BCUT2D eigenvalue weighted by Crippen LogP contribution is -2.42. The van der Waals surface area contributed by atoms with Crippen LogP contribution in [0.5, 0.6) is 11.6 Å². The van der Waals surface area contributed by atoms with Crippen LogP contribution in [0.2, 0.25) is 0 Å². The predicted molar refractivity (Wildman–Crippen MR) is 137 cm³/mol. The van der Waals surface area contributed by atoms with Crippen LogP contribution in [0.3, 0.4) is 0 Å². The molecule has 0 aliphatic carbocycles. The van der Waals surface area contributed by atoms with E-state index >= 15 is 0 Å². The van der Waals surface area contributed by atoms with Crippen LogP contribution in [0.25, 0.3) is 11.3 Å². The predicted octanol–water partition coefficient (Wildman–Crippen LogP) is 4.32. The number of hydrogen-bond acceptors (Lipinski definition) is 7. The summed E-state index contributed by atoms with van der Waals surface area (Å²) in [6.45, 7) is 6.38. The molecule has 1 aromatic heterocycles. The van der Waals surface area contributed by atoms with E-state index in [0.29, 0.717) is 49.4 Å². The molecule has 0 bridgehead atoms. The molecule has 37 heavy (non-hydrogen) atoms. The molecule has 2 aromatic carbocycles. The minimum Gasteiger partial charge on any atom is -0.420 e. The van der Waals surface area contributed by atoms with Gasteiger partial charge in [-0.05, 0) is 35.6 Å². The zero-order valence-corrected chi connectivity index (χ0v) is 20.9. The lowest BCUT2D eigenvalue weighted by atomic mass is 9.83. The molecule has 1 amide bonds. The van der Waals surface area contributed by atoms with Crippen molar-refractivity contribution < 1.29 is 19.0 Å². The number of carbonyl (C=O) groups is 1. The first-order chi connectivity index (χ1) is 17.9. The molecular formula is C28H29N5O4. The standard InChI is InChI=1S/C28H29N5O4/c1-17(2)15-18-3-5-20(6-4-18)25-24-23(22(16-29)26(30)37-27(24)32-31-25)19-7-9-21(10-8-19)36-28(34)33-11-13-35-14-12-33/h3-10,17,23H,11-15,30H2,1-2H3,(H,31,32)/t23-/m1/s1. The lowest BCUT2D eigenvalue weighted by molar-refractivity contribution is 0.0416. The number of fused-ring (bicyclic) bond motifs is 1. The first-order valence-corrected chi connectivity index (χ1v) is 12.3. The topological polar surface area (TPSA) is 126 Å². The fourth-order valence-electron chi connectivity index (χ4n) is 4.72. The number of aromatic amines is 1. The third-order valence-electron chi connectivity index (χ3n) is 6.51. The summed E-state index contributed by atoms with van der Waals surface area (Å²) in [6.07, 6.45) is 0.581. The van der Waals surface area contributed by atoms with Gasteiger partial charge in [0, 0.05) is 18.7 Å². The molecular weight excluding hydrogens is 470 g/mol. The average molecular weight is 500 g/mol. The molecule has 0 saturated carbocycles. The Morgan fingerprint density at radius 2 is 1.89 bits per heavy atom. The average Bonchev–Trinajstić information content (AvgIpc) is 3.32. The lowest BCUT2D eigenvalue weighted by Gasteiger charge is -2.26. The Morgan fingerprint density at radius 3 is 2.54 bits per heavy atom. The molecule has 1 saturated heterocycles. The number of aromatic nitrogens is 2. The molecule has 9 heteroatoms. The second kappa shape index (κ2) is 10.4. The van der Waals surface area contributed by atoms with Crippen LogP contribution < -0.4 is 15.2 Å². The Morgan fingerprint density at radius 1 is 1.19 bits per heavy atom. The van der Waals surface area contributed by atoms with E-state index in [1.165, 1.54) is 5.56 Å². The van der Waals surface area contributed by atoms with Gasteiger partial charge in [0.05, 0.1) is 30.4 Å². The molecule has 3 heterocycles. The molecule has 0 unspecified atom stereocenters. The van der Waals surface area contributed by atoms with E-state index in [0.717, 1.165) is 28.8 Å². The number of nitrogens with zero attached hydrogens (tertiary/aromatic N) is 3. The number of nitrogens with two attached hydrogens (primary N) is 1. The third-order valence-corrected chi connectivity index (χ3v) is 6.51. The zero-order valence-electron chi connectivity index (χ0n) is 20.9. The number of rotatable bonds is 5. The Hall–Kier alpha value is -4.29. The van der Waals surface area contributed by atoms with Gasteiger partial charge in [0.25, 0.3) is 0 Å². The van der Waals surface area contributed by atoms with Gasteiger partial charge >= 0.3 is 6.09 Å². The zero-order chi connectivity index (χ0) is 25.9. The van der Waals surface area contributed by atoms with Gasteiger partial charge < -0.3 is 24.8 Å². The molecule has 9 nitrogen and oxygen atoms in total. The number of morpholine rings is 1. The van der Waals surface area contributed by atoms with Crippen LogP contribution in [0, 0.1) is 17.2 Å². The van der Waals surface area contributed by atoms with Crippen molar-refractivity contribution >= 4 is 6.09 Å². The molecule has 190 valence electrons. The van der Waals surface area contributed by atoms with Crippen molar-refractivity contribution in [1.82, 2.24) is 15.1 Å². The van der Waals surface area contributed by atoms with E-state index in [2.05, 4.69) is 42.2 Å². The van der Waals surface area contributed by atoms with Crippen molar-refractivity contribution in [3.8, 4) is 29.0 Å². The summed E-state index contributed by atoms with van der Waals surface area (Å²) in [5.74, 6) is 0.836. The van der Waals surface area contributed by atoms with E-state index in [1.807, 2.05) is 24.3 Å². The highest BCUT2D eigenvalue weighted by Crippen LogP contribution is 2.45. The molecule has 5 rings (SSSR count). The number of ether oxygens (including phenoxy) is 3. The van der Waals surface area contributed by atoms with Crippen LogP contribution >= 0.6 is 0 Å². The van der Waals surface area contributed by atoms with Crippen molar-refractivity contribution in [2.24, 2.45) is 11.7 Å². The summed E-state index contributed by atoms with van der Waals surface area (Å²) in [7, 11) is 0. The van der Waals surface area contributed by atoms with Crippen LogP contribution in [0.15, 0.2) is 60.0 Å². The number of hydrogen-bond donors (Lipinski definition) is 2. The summed E-state index contributed by atoms with van der Waals surface area (Å²) in [5, 5.41) is 17.4. The smallest absolute Gasteiger partial charge is 0.415 e. The second-order valence-electron chi connectivity index (χ2n) is 9.57. The maximum absolute atomic E-state index is 12.5. The van der Waals surface area contributed by atoms with Crippen molar-refractivity contribution in [1.29, 1.82) is 5.26 Å². The summed E-state index contributed by atoms with van der Waals surface area (Å²) >= 11 is 0. The first kappa shape index (κ1) is 24.4. The Kier molecular flexibility index (Phi) is 6.84. The van der Waals surface area contributed by atoms with Gasteiger partial charge in [0.15, 0.2) is 0 Å². The van der Waals surface area contributed by atoms with Gasteiger partial charge in [-0.15, -0.1) is 5.10 Å². The number of nitriles is 1. The van der Waals surface area contributed by atoms with Crippen molar-refractivity contribution in [2.45, 2.75) is 26.2 Å². The van der Waals surface area contributed by atoms with E-state index in [4.69, 9.17) is 19.9 Å². The molecule has 2 aliphatic heterocycles. The summed E-state index contributed by atoms with van der Waals surface area (Å²) in [5.41, 5.74) is 10.9. The summed E-state index contributed by atoms with van der Waals surface area (Å²) in [6, 6.07) is 17.6. The Balaban J connectivity index is 1.45. The highest BCUT2D eigenvalue weighted by molar-refractivity contribution is 5.72. The van der Waals surface area contributed by atoms with E-state index < -0.39 is 12.0 Å². The maximum atomic E-state index is 12.5. The molecule has 1 atom stereocenters. The fraction of sp³-hybridized carbons (Fsp3) is 0.321. The van der Waals surface area contributed by atoms with E-state index in [-0.39, 0.29) is 5.88 Å². The number of H-pyrrole nitrogens is 1. The number of nitrogens with one attached hydrogen (secondary N) is 1. The van der Waals surface area contributed by atoms with Crippen LogP contribution in [0.1, 0.15) is 36.5 Å². The highest BCUT2D eigenvalue weighted by Gasteiger charge is 2.35. The maximum Gasteiger partial charge on any atom is 0.415 e. The molecule has 2 aliphatic rings. The second-order valence-corrected chi connectivity index (χ2v) is 9.57. The largest absolute Gasteiger partial charge is 0.420 e. The number of benzene rings is 2. The molecule has 3 N–H and O–H groups in total. The van der Waals surface area contributed by atoms with Crippen molar-refractivity contribution in [2.75, 3.05) is 26.3 Å². The number of allylic oxidation sites excluding steroid dienone is 1. The molecule has 0 spiro atoms. The Labute approximate surface area is 215 Å². The van der Waals surface area contributed by atoms with Crippen LogP contribution in [-0.2, 0) is 11.2 Å². The third kappa shape index (κ3) is 5.01. The monoisotopic (exact) mass is 499 g/mol. The normalized spacial score (nSPS) is 17.2. The number of amides is 1. The number of carbonyl (C=O) groups excluding carboxylic acids is 1. The molecule has 3 aromatic rings. The van der Waals surface area contributed by atoms with Crippen molar-refractivity contribution in [3.05, 3.63) is 76.7 Å². The van der Waals surface area contributed by atoms with Gasteiger partial charge in [-0.3, -0.25) is 5.10 Å². The van der Waals surface area contributed by atoms with E-state index in [1.54, 1.807) is 17.0 Å². The van der Waals surface area contributed by atoms with Gasteiger partial charge in [-0.2, -0.15) is 5.26 Å².